The van der Waals surface area contributed by atoms with Crippen molar-refractivity contribution in [3.63, 3.8) is 0 Å². The van der Waals surface area contributed by atoms with E-state index in [4.69, 9.17) is 9.47 Å². The molecule has 20 heavy (non-hydrogen) atoms. The van der Waals surface area contributed by atoms with Crippen LogP contribution in [0.1, 0.15) is 5.56 Å². The average molecular weight is 401 g/mol. The largest absolute Gasteiger partial charge is 0.497 e. The summed E-state index contributed by atoms with van der Waals surface area (Å²) in [4.78, 5) is 0. The lowest BCUT2D eigenvalue weighted by Crippen LogP contribution is -2.00. The SMILES string of the molecule is COc1ccc(CNc2cc(OC)c(Br)cc2Br)cc1. The van der Waals surface area contributed by atoms with Gasteiger partial charge in [-0.1, -0.05) is 12.1 Å². The Morgan fingerprint density at radius 3 is 2.25 bits per heavy atom. The second-order valence-corrected chi connectivity index (χ2v) is 5.88. The topological polar surface area (TPSA) is 30.5 Å². The summed E-state index contributed by atoms with van der Waals surface area (Å²) in [6, 6.07) is 11.9. The fourth-order valence-corrected chi connectivity index (χ4v) is 3.06. The number of nitrogens with one attached hydrogen (secondary N) is 1. The summed E-state index contributed by atoms with van der Waals surface area (Å²) in [5, 5.41) is 3.38. The maximum atomic E-state index is 5.30. The summed E-state index contributed by atoms with van der Waals surface area (Å²) in [5.41, 5.74) is 2.17. The van der Waals surface area contributed by atoms with Crippen LogP contribution in [0.25, 0.3) is 0 Å². The van der Waals surface area contributed by atoms with Gasteiger partial charge in [0.2, 0.25) is 0 Å². The Bertz CT molecular complexity index is 585. The summed E-state index contributed by atoms with van der Waals surface area (Å²) in [6.07, 6.45) is 0. The molecule has 106 valence electrons. The summed E-state index contributed by atoms with van der Waals surface area (Å²) in [7, 11) is 3.32. The van der Waals surface area contributed by atoms with Crippen molar-refractivity contribution in [3.05, 3.63) is 50.9 Å². The van der Waals surface area contributed by atoms with Crippen LogP contribution in [0, 0.1) is 0 Å². The number of methoxy groups -OCH3 is 2. The van der Waals surface area contributed by atoms with E-state index in [1.807, 2.05) is 36.4 Å². The lowest BCUT2D eigenvalue weighted by atomic mass is 10.2. The molecule has 0 aromatic heterocycles. The molecule has 1 N–H and O–H groups in total. The maximum absolute atomic E-state index is 5.30. The number of ether oxygens (including phenoxy) is 2. The highest BCUT2D eigenvalue weighted by molar-refractivity contribution is 9.11. The molecule has 0 aliphatic carbocycles. The highest BCUT2D eigenvalue weighted by Crippen LogP contribution is 2.34. The second kappa shape index (κ2) is 6.99. The molecule has 0 amide bonds. The highest BCUT2D eigenvalue weighted by atomic mass is 79.9. The lowest BCUT2D eigenvalue weighted by Gasteiger charge is -2.12. The molecule has 0 fully saturated rings. The molecule has 0 saturated carbocycles. The minimum atomic E-state index is 0.730. The molecule has 0 aliphatic rings. The van der Waals surface area contributed by atoms with Gasteiger partial charge in [-0.3, -0.25) is 0 Å². The maximum Gasteiger partial charge on any atom is 0.135 e. The normalized spacial score (nSPS) is 10.2. The molecule has 0 spiro atoms. The fourth-order valence-electron chi connectivity index (χ4n) is 1.76. The van der Waals surface area contributed by atoms with E-state index in [1.54, 1.807) is 14.2 Å². The first-order valence-corrected chi connectivity index (χ1v) is 7.62. The molecule has 0 unspecified atom stereocenters. The van der Waals surface area contributed by atoms with Crippen molar-refractivity contribution in [2.75, 3.05) is 19.5 Å². The van der Waals surface area contributed by atoms with E-state index in [0.29, 0.717) is 0 Å². The van der Waals surface area contributed by atoms with Gasteiger partial charge in [-0.05, 0) is 55.6 Å². The van der Waals surface area contributed by atoms with Gasteiger partial charge in [-0.2, -0.15) is 0 Å². The van der Waals surface area contributed by atoms with E-state index in [0.717, 1.165) is 32.7 Å². The molecule has 2 aromatic rings. The van der Waals surface area contributed by atoms with Crippen LogP contribution in [0.3, 0.4) is 0 Å². The Morgan fingerprint density at radius 1 is 0.950 bits per heavy atom. The summed E-state index contributed by atoms with van der Waals surface area (Å²) in [5.74, 6) is 1.66. The number of hydrogen-bond acceptors (Lipinski definition) is 3. The molecule has 0 radical (unpaired) electrons. The van der Waals surface area contributed by atoms with Gasteiger partial charge in [0.05, 0.1) is 24.4 Å². The van der Waals surface area contributed by atoms with Crippen LogP contribution in [0.15, 0.2) is 45.3 Å². The van der Waals surface area contributed by atoms with Gasteiger partial charge in [0.25, 0.3) is 0 Å². The van der Waals surface area contributed by atoms with Crippen LogP contribution in [0.5, 0.6) is 11.5 Å². The van der Waals surface area contributed by atoms with E-state index in [1.165, 1.54) is 5.56 Å². The molecule has 0 heterocycles. The lowest BCUT2D eigenvalue weighted by molar-refractivity contribution is 0.412. The van der Waals surface area contributed by atoms with Gasteiger partial charge in [-0.25, -0.2) is 0 Å². The summed E-state index contributed by atoms with van der Waals surface area (Å²) in [6.45, 7) is 0.730. The van der Waals surface area contributed by atoms with E-state index in [9.17, 15) is 0 Å². The number of halogens is 2. The monoisotopic (exact) mass is 399 g/mol. The molecular formula is C15H15Br2NO2. The molecule has 2 rings (SSSR count). The molecule has 3 nitrogen and oxygen atoms in total. The number of anilines is 1. The molecule has 2 aromatic carbocycles. The molecule has 0 bridgehead atoms. The molecular weight excluding hydrogens is 386 g/mol. The minimum absolute atomic E-state index is 0.730. The van der Waals surface area contributed by atoms with Crippen molar-refractivity contribution in [2.24, 2.45) is 0 Å². The second-order valence-electron chi connectivity index (χ2n) is 4.17. The third-order valence-corrected chi connectivity index (χ3v) is 4.16. The standard InChI is InChI=1S/C15H15Br2NO2/c1-19-11-5-3-10(4-6-11)9-18-14-8-15(20-2)13(17)7-12(14)16/h3-8,18H,9H2,1-2H3. The third-order valence-electron chi connectivity index (χ3n) is 2.88. The van der Waals surface area contributed by atoms with Crippen molar-refractivity contribution in [1.82, 2.24) is 0 Å². The van der Waals surface area contributed by atoms with Crippen LogP contribution in [0.4, 0.5) is 5.69 Å². The Balaban J connectivity index is 2.09. The van der Waals surface area contributed by atoms with E-state index in [-0.39, 0.29) is 0 Å². The minimum Gasteiger partial charge on any atom is -0.497 e. The summed E-state index contributed by atoms with van der Waals surface area (Å²) < 4.78 is 12.3. The summed E-state index contributed by atoms with van der Waals surface area (Å²) >= 11 is 7.00. The van der Waals surface area contributed by atoms with Crippen molar-refractivity contribution in [1.29, 1.82) is 0 Å². The average Bonchev–Trinajstić information content (AvgIpc) is 2.47. The van der Waals surface area contributed by atoms with Crippen LogP contribution in [0.2, 0.25) is 0 Å². The van der Waals surface area contributed by atoms with Crippen molar-refractivity contribution in [2.45, 2.75) is 6.54 Å². The molecule has 0 saturated heterocycles. The highest BCUT2D eigenvalue weighted by Gasteiger charge is 2.07. The van der Waals surface area contributed by atoms with Gasteiger partial charge < -0.3 is 14.8 Å². The molecule has 0 atom stereocenters. The number of benzene rings is 2. The predicted octanol–water partition coefficient (Wildman–Crippen LogP) is 4.84. The Labute approximate surface area is 135 Å². The number of rotatable bonds is 5. The van der Waals surface area contributed by atoms with Crippen molar-refractivity contribution < 1.29 is 9.47 Å². The Hall–Kier alpha value is -1.20. The quantitative estimate of drug-likeness (QED) is 0.778. The first kappa shape index (κ1) is 15.2. The van der Waals surface area contributed by atoms with Crippen molar-refractivity contribution >= 4 is 37.5 Å². The van der Waals surface area contributed by atoms with Crippen LogP contribution in [-0.2, 0) is 6.54 Å². The zero-order valence-corrected chi connectivity index (χ0v) is 14.4. The van der Waals surface area contributed by atoms with Gasteiger partial charge in [-0.15, -0.1) is 0 Å². The first-order chi connectivity index (χ1) is 9.63. The molecule has 5 heteroatoms. The Morgan fingerprint density at radius 2 is 1.65 bits per heavy atom. The Kier molecular flexibility index (Phi) is 5.31. The number of hydrogen-bond donors (Lipinski definition) is 1. The van der Waals surface area contributed by atoms with Crippen molar-refractivity contribution in [3.8, 4) is 11.5 Å². The van der Waals surface area contributed by atoms with Gasteiger partial charge in [0.1, 0.15) is 11.5 Å². The van der Waals surface area contributed by atoms with Gasteiger partial charge >= 0.3 is 0 Å². The first-order valence-electron chi connectivity index (χ1n) is 6.04. The predicted molar refractivity (Wildman–Crippen MR) is 88.7 cm³/mol. The molecule has 0 aliphatic heterocycles. The zero-order chi connectivity index (χ0) is 14.5. The fraction of sp³-hybridized carbons (Fsp3) is 0.200. The van der Waals surface area contributed by atoms with Gasteiger partial charge in [0.15, 0.2) is 0 Å². The van der Waals surface area contributed by atoms with E-state index in [2.05, 4.69) is 37.2 Å². The zero-order valence-electron chi connectivity index (χ0n) is 11.2. The van der Waals surface area contributed by atoms with Crippen LogP contribution >= 0.6 is 31.9 Å². The van der Waals surface area contributed by atoms with Crippen LogP contribution in [-0.4, -0.2) is 14.2 Å². The van der Waals surface area contributed by atoms with Gasteiger partial charge in [0, 0.05) is 17.1 Å². The third kappa shape index (κ3) is 3.67. The smallest absolute Gasteiger partial charge is 0.135 e. The van der Waals surface area contributed by atoms with Crippen LogP contribution < -0.4 is 14.8 Å². The van der Waals surface area contributed by atoms with E-state index >= 15 is 0 Å². The van der Waals surface area contributed by atoms with E-state index < -0.39 is 0 Å².